The number of carboxylic acid groups (broad SMARTS) is 1. The fourth-order valence-corrected chi connectivity index (χ4v) is 3.65. The van der Waals surface area contributed by atoms with Crippen LogP contribution in [0.5, 0.6) is 0 Å². The van der Waals surface area contributed by atoms with E-state index in [9.17, 15) is 9.90 Å². The molecule has 0 spiro atoms. The molecule has 1 atom stereocenters. The van der Waals surface area contributed by atoms with Crippen LogP contribution in [0, 0.1) is 5.92 Å². The third kappa shape index (κ3) is 6.02. The highest BCUT2D eigenvalue weighted by atomic mass is 16.4. The summed E-state index contributed by atoms with van der Waals surface area (Å²) in [7, 11) is 0. The molecule has 3 N–H and O–H groups in total. The fraction of sp³-hybridized carbons (Fsp3) is 0.478. The molecule has 29 heavy (non-hydrogen) atoms. The second kappa shape index (κ2) is 9.85. The number of anilines is 1. The molecule has 1 saturated heterocycles. The number of benzene rings is 1. The lowest BCUT2D eigenvalue weighted by Gasteiger charge is -2.31. The van der Waals surface area contributed by atoms with Crippen molar-refractivity contribution in [2.24, 2.45) is 5.92 Å². The largest absolute Gasteiger partial charge is 0.478 e. The van der Waals surface area contributed by atoms with Crippen molar-refractivity contribution in [2.75, 3.05) is 31.5 Å². The van der Waals surface area contributed by atoms with E-state index in [2.05, 4.69) is 59.5 Å². The van der Waals surface area contributed by atoms with Gasteiger partial charge in [0.05, 0.1) is 5.69 Å². The SMILES string of the molecule is CC(C)CCNc1nc(-c2cccc(CN3CCN[C@@H](C)C3)c2)ccc1C(=O)O. The van der Waals surface area contributed by atoms with E-state index in [-0.39, 0.29) is 5.56 Å². The Morgan fingerprint density at radius 2 is 2.17 bits per heavy atom. The number of nitrogens with zero attached hydrogens (tertiary/aromatic N) is 2. The van der Waals surface area contributed by atoms with Crippen LogP contribution in [-0.2, 0) is 6.54 Å². The third-order valence-corrected chi connectivity index (χ3v) is 5.22. The number of piperazine rings is 1. The maximum atomic E-state index is 11.6. The Labute approximate surface area is 173 Å². The molecule has 2 aromatic rings. The van der Waals surface area contributed by atoms with E-state index in [1.165, 1.54) is 5.56 Å². The van der Waals surface area contributed by atoms with E-state index in [1.807, 2.05) is 6.07 Å². The van der Waals surface area contributed by atoms with Gasteiger partial charge in [0.1, 0.15) is 11.4 Å². The summed E-state index contributed by atoms with van der Waals surface area (Å²) in [5, 5.41) is 16.2. The molecule has 1 aromatic carbocycles. The quantitative estimate of drug-likeness (QED) is 0.632. The predicted molar refractivity (Wildman–Crippen MR) is 117 cm³/mol. The fourth-order valence-electron chi connectivity index (χ4n) is 3.65. The molecular weight excluding hydrogens is 364 g/mol. The van der Waals surface area contributed by atoms with Crippen LogP contribution in [0.1, 0.15) is 43.1 Å². The average Bonchev–Trinajstić information content (AvgIpc) is 2.68. The van der Waals surface area contributed by atoms with E-state index in [0.29, 0.717) is 24.3 Å². The Morgan fingerprint density at radius 1 is 1.34 bits per heavy atom. The van der Waals surface area contributed by atoms with Crippen LogP contribution in [0.3, 0.4) is 0 Å². The van der Waals surface area contributed by atoms with Gasteiger partial charge >= 0.3 is 5.97 Å². The number of nitrogens with one attached hydrogen (secondary N) is 2. The highest BCUT2D eigenvalue weighted by Crippen LogP contribution is 2.24. The van der Waals surface area contributed by atoms with E-state index >= 15 is 0 Å². The standard InChI is InChI=1S/C23H32N4O2/c1-16(2)9-10-25-22-20(23(28)29)7-8-21(26-22)19-6-4-5-18(13-19)15-27-12-11-24-17(3)14-27/h4-8,13,16-17,24H,9-12,14-15H2,1-3H3,(H,25,26)(H,28,29)/t17-/m0/s1. The topological polar surface area (TPSA) is 77.5 Å². The van der Waals surface area contributed by atoms with Crippen molar-refractivity contribution >= 4 is 11.8 Å². The number of carbonyl (C=O) groups is 1. The Hall–Kier alpha value is -2.44. The third-order valence-electron chi connectivity index (χ3n) is 5.22. The zero-order valence-corrected chi connectivity index (χ0v) is 17.6. The molecule has 156 valence electrons. The first-order chi connectivity index (χ1) is 13.9. The molecule has 1 aliphatic heterocycles. The molecule has 0 bridgehead atoms. The average molecular weight is 397 g/mol. The lowest BCUT2D eigenvalue weighted by molar-refractivity contribution is 0.0697. The van der Waals surface area contributed by atoms with Gasteiger partial charge in [0.15, 0.2) is 0 Å². The highest BCUT2D eigenvalue weighted by Gasteiger charge is 2.16. The van der Waals surface area contributed by atoms with Gasteiger partial charge in [-0.3, -0.25) is 4.90 Å². The van der Waals surface area contributed by atoms with Gasteiger partial charge in [-0.2, -0.15) is 0 Å². The molecule has 6 nitrogen and oxygen atoms in total. The number of rotatable bonds is 8. The van der Waals surface area contributed by atoms with Crippen LogP contribution >= 0.6 is 0 Å². The van der Waals surface area contributed by atoms with Gasteiger partial charge in [-0.15, -0.1) is 0 Å². The number of aromatic carboxylic acids is 1. The van der Waals surface area contributed by atoms with Crippen molar-refractivity contribution in [3.05, 3.63) is 47.5 Å². The minimum atomic E-state index is -0.960. The van der Waals surface area contributed by atoms with Gasteiger partial charge in [-0.05, 0) is 43.0 Å². The minimum absolute atomic E-state index is 0.212. The maximum Gasteiger partial charge on any atom is 0.339 e. The van der Waals surface area contributed by atoms with Gasteiger partial charge in [-0.1, -0.05) is 32.0 Å². The highest BCUT2D eigenvalue weighted by molar-refractivity contribution is 5.93. The lowest BCUT2D eigenvalue weighted by atomic mass is 10.1. The lowest BCUT2D eigenvalue weighted by Crippen LogP contribution is -2.48. The summed E-state index contributed by atoms with van der Waals surface area (Å²) in [4.78, 5) is 18.7. The van der Waals surface area contributed by atoms with E-state index in [4.69, 9.17) is 0 Å². The smallest absolute Gasteiger partial charge is 0.339 e. The number of aromatic nitrogens is 1. The van der Waals surface area contributed by atoms with Crippen molar-refractivity contribution in [3.63, 3.8) is 0 Å². The van der Waals surface area contributed by atoms with Crippen LogP contribution in [0.25, 0.3) is 11.3 Å². The number of hydrogen-bond acceptors (Lipinski definition) is 5. The zero-order valence-electron chi connectivity index (χ0n) is 17.6. The van der Waals surface area contributed by atoms with Crippen LogP contribution in [-0.4, -0.2) is 53.2 Å². The molecule has 1 fully saturated rings. The van der Waals surface area contributed by atoms with Crippen molar-refractivity contribution in [1.29, 1.82) is 0 Å². The zero-order chi connectivity index (χ0) is 20.8. The molecule has 0 radical (unpaired) electrons. The molecule has 1 aliphatic rings. The summed E-state index contributed by atoms with van der Waals surface area (Å²) in [6.45, 7) is 11.2. The van der Waals surface area contributed by atoms with E-state index in [0.717, 1.165) is 43.9 Å². The summed E-state index contributed by atoms with van der Waals surface area (Å²) < 4.78 is 0. The molecule has 0 unspecified atom stereocenters. The number of pyridine rings is 1. The first-order valence-corrected chi connectivity index (χ1v) is 10.5. The summed E-state index contributed by atoms with van der Waals surface area (Å²) in [5.41, 5.74) is 3.26. The normalized spacial score (nSPS) is 17.4. The molecular formula is C23H32N4O2. The molecule has 6 heteroatoms. The number of hydrogen-bond donors (Lipinski definition) is 3. The molecule has 2 heterocycles. The monoisotopic (exact) mass is 396 g/mol. The Morgan fingerprint density at radius 3 is 2.90 bits per heavy atom. The number of carboxylic acids is 1. The molecule has 3 rings (SSSR count). The van der Waals surface area contributed by atoms with E-state index in [1.54, 1.807) is 12.1 Å². The van der Waals surface area contributed by atoms with Gasteiger partial charge in [0, 0.05) is 44.3 Å². The summed E-state index contributed by atoms with van der Waals surface area (Å²) >= 11 is 0. The molecule has 0 aliphatic carbocycles. The van der Waals surface area contributed by atoms with Crippen LogP contribution in [0.2, 0.25) is 0 Å². The second-order valence-electron chi connectivity index (χ2n) is 8.30. The first kappa shape index (κ1) is 21.3. The van der Waals surface area contributed by atoms with Crippen molar-refractivity contribution in [1.82, 2.24) is 15.2 Å². The summed E-state index contributed by atoms with van der Waals surface area (Å²) in [6.07, 6.45) is 0.962. The van der Waals surface area contributed by atoms with Crippen LogP contribution < -0.4 is 10.6 Å². The minimum Gasteiger partial charge on any atom is -0.478 e. The Balaban J connectivity index is 1.79. The molecule has 0 saturated carbocycles. The van der Waals surface area contributed by atoms with Crippen LogP contribution in [0.4, 0.5) is 5.82 Å². The summed E-state index contributed by atoms with van der Waals surface area (Å²) in [6, 6.07) is 12.3. The summed E-state index contributed by atoms with van der Waals surface area (Å²) in [5.74, 6) is 0.0259. The Kier molecular flexibility index (Phi) is 7.23. The van der Waals surface area contributed by atoms with Gasteiger partial charge < -0.3 is 15.7 Å². The van der Waals surface area contributed by atoms with Crippen molar-refractivity contribution in [2.45, 2.75) is 39.8 Å². The van der Waals surface area contributed by atoms with Crippen molar-refractivity contribution in [3.8, 4) is 11.3 Å². The van der Waals surface area contributed by atoms with Gasteiger partial charge in [0.25, 0.3) is 0 Å². The maximum absolute atomic E-state index is 11.6. The Bertz CT molecular complexity index is 837. The first-order valence-electron chi connectivity index (χ1n) is 10.5. The van der Waals surface area contributed by atoms with E-state index < -0.39 is 5.97 Å². The van der Waals surface area contributed by atoms with Gasteiger partial charge in [-0.25, -0.2) is 9.78 Å². The molecule has 0 amide bonds. The van der Waals surface area contributed by atoms with Crippen molar-refractivity contribution < 1.29 is 9.90 Å². The van der Waals surface area contributed by atoms with Crippen LogP contribution in [0.15, 0.2) is 36.4 Å². The molecule has 1 aromatic heterocycles. The second-order valence-corrected chi connectivity index (χ2v) is 8.30. The predicted octanol–water partition coefficient (Wildman–Crippen LogP) is 3.70. The van der Waals surface area contributed by atoms with Gasteiger partial charge in [0.2, 0.25) is 0 Å².